The first-order valence-electron chi connectivity index (χ1n) is 9.56. The zero-order valence-electron chi connectivity index (χ0n) is 16.1. The van der Waals surface area contributed by atoms with Crippen LogP contribution in [0.3, 0.4) is 0 Å². The van der Waals surface area contributed by atoms with Crippen molar-refractivity contribution >= 4 is 22.6 Å². The second kappa shape index (κ2) is 7.35. The third kappa shape index (κ3) is 3.14. The molecule has 2 heterocycles. The van der Waals surface area contributed by atoms with Gasteiger partial charge in [0.25, 0.3) is 0 Å². The third-order valence-electron chi connectivity index (χ3n) is 5.40. The predicted molar refractivity (Wildman–Crippen MR) is 119 cm³/mol. The first-order chi connectivity index (χ1) is 15.1. The van der Waals surface area contributed by atoms with E-state index in [0.29, 0.717) is 21.7 Å². The number of fused-ring (bicyclic) bond motifs is 3. The molecule has 1 aromatic heterocycles. The predicted octanol–water partition coefficient (Wildman–Crippen LogP) is 5.33. The molecular formula is C25H15ClN2O3. The smallest absolute Gasteiger partial charge is 0.344 e. The van der Waals surface area contributed by atoms with Crippen LogP contribution in [-0.4, -0.2) is 0 Å². The maximum Gasteiger partial charge on any atom is 0.344 e. The molecule has 4 aromatic rings. The molecule has 0 saturated heterocycles. The van der Waals surface area contributed by atoms with Gasteiger partial charge in [-0.15, -0.1) is 0 Å². The van der Waals surface area contributed by atoms with Gasteiger partial charge < -0.3 is 14.9 Å². The summed E-state index contributed by atoms with van der Waals surface area (Å²) in [5, 5.41) is 11.1. The molecule has 0 spiro atoms. The first kappa shape index (κ1) is 19.0. The van der Waals surface area contributed by atoms with Gasteiger partial charge in [0.2, 0.25) is 5.88 Å². The van der Waals surface area contributed by atoms with E-state index in [4.69, 9.17) is 26.5 Å². The molecule has 1 atom stereocenters. The molecule has 150 valence electrons. The molecule has 0 aliphatic carbocycles. The lowest BCUT2D eigenvalue weighted by Crippen LogP contribution is -2.26. The SMILES string of the molecule is N#CC1=C(N)Oc2c(c(=O)oc3ccccc23)C1c1ccc(-c2ccc(Cl)cc2)cc1. The lowest BCUT2D eigenvalue weighted by molar-refractivity contribution is 0.388. The Bertz CT molecular complexity index is 1450. The van der Waals surface area contributed by atoms with Gasteiger partial charge in [-0.05, 0) is 41.0 Å². The molecular weight excluding hydrogens is 412 g/mol. The number of nitrogens with two attached hydrogens (primary N) is 1. The zero-order valence-corrected chi connectivity index (χ0v) is 16.9. The minimum Gasteiger partial charge on any atom is -0.439 e. The van der Waals surface area contributed by atoms with Crippen molar-refractivity contribution in [2.45, 2.75) is 5.92 Å². The zero-order chi connectivity index (χ0) is 21.5. The molecule has 0 saturated carbocycles. The summed E-state index contributed by atoms with van der Waals surface area (Å²) >= 11 is 5.98. The van der Waals surface area contributed by atoms with Crippen LogP contribution in [0.4, 0.5) is 0 Å². The number of nitriles is 1. The van der Waals surface area contributed by atoms with Gasteiger partial charge in [0.1, 0.15) is 17.2 Å². The van der Waals surface area contributed by atoms with Crippen molar-refractivity contribution in [3.05, 3.63) is 111 Å². The molecule has 5 rings (SSSR count). The molecule has 6 heteroatoms. The van der Waals surface area contributed by atoms with E-state index >= 15 is 0 Å². The normalized spacial score (nSPS) is 15.3. The van der Waals surface area contributed by atoms with E-state index in [1.54, 1.807) is 18.2 Å². The molecule has 3 aromatic carbocycles. The van der Waals surface area contributed by atoms with Gasteiger partial charge in [-0.2, -0.15) is 5.26 Å². The van der Waals surface area contributed by atoms with Crippen molar-refractivity contribution in [2.24, 2.45) is 5.73 Å². The standard InChI is InChI=1S/C25H15ClN2O3/c26-17-11-9-15(10-12-17)14-5-7-16(8-6-14)21-19(13-27)24(28)31-23-18-3-1-2-4-20(18)30-25(29)22(21)23/h1-12,21H,28H2. The van der Waals surface area contributed by atoms with E-state index in [1.165, 1.54) is 0 Å². The quantitative estimate of drug-likeness (QED) is 0.437. The maximum atomic E-state index is 12.9. The highest BCUT2D eigenvalue weighted by Crippen LogP contribution is 2.43. The Morgan fingerprint density at radius 2 is 1.58 bits per heavy atom. The molecule has 0 radical (unpaired) electrons. The fraction of sp³-hybridized carbons (Fsp3) is 0.0400. The summed E-state index contributed by atoms with van der Waals surface area (Å²) in [5.41, 5.74) is 9.11. The van der Waals surface area contributed by atoms with Crippen LogP contribution in [0.1, 0.15) is 17.0 Å². The van der Waals surface area contributed by atoms with Crippen molar-refractivity contribution < 1.29 is 9.15 Å². The largest absolute Gasteiger partial charge is 0.439 e. The van der Waals surface area contributed by atoms with E-state index < -0.39 is 11.5 Å². The second-order valence-electron chi connectivity index (χ2n) is 7.18. The number of allylic oxidation sites excluding steroid dienone is 1. The average Bonchev–Trinajstić information content (AvgIpc) is 2.79. The molecule has 0 amide bonds. The van der Waals surface area contributed by atoms with Crippen LogP contribution in [0.15, 0.2) is 93.5 Å². The number of hydrogen-bond acceptors (Lipinski definition) is 5. The summed E-state index contributed by atoms with van der Waals surface area (Å²) in [5.74, 6) is -0.374. The van der Waals surface area contributed by atoms with E-state index in [-0.39, 0.29) is 17.0 Å². The number of hydrogen-bond donors (Lipinski definition) is 1. The van der Waals surface area contributed by atoms with Gasteiger partial charge in [-0.3, -0.25) is 0 Å². The molecule has 31 heavy (non-hydrogen) atoms. The van der Waals surface area contributed by atoms with Gasteiger partial charge >= 0.3 is 5.63 Å². The Labute approximate surface area is 182 Å². The van der Waals surface area contributed by atoms with Crippen molar-refractivity contribution in [3.63, 3.8) is 0 Å². The van der Waals surface area contributed by atoms with Crippen LogP contribution in [-0.2, 0) is 0 Å². The lowest BCUT2D eigenvalue weighted by Gasteiger charge is -2.26. The van der Waals surface area contributed by atoms with E-state index in [9.17, 15) is 10.1 Å². The maximum absolute atomic E-state index is 12.9. The van der Waals surface area contributed by atoms with Gasteiger partial charge in [-0.1, -0.05) is 60.1 Å². The lowest BCUT2D eigenvalue weighted by atomic mass is 9.83. The van der Waals surface area contributed by atoms with Gasteiger partial charge in [0.05, 0.1) is 16.9 Å². The average molecular weight is 427 g/mol. The minimum atomic E-state index is -0.686. The number of ether oxygens (including phenoxy) is 1. The Morgan fingerprint density at radius 1 is 0.935 bits per heavy atom. The molecule has 1 aliphatic heterocycles. The molecule has 5 nitrogen and oxygen atoms in total. The summed E-state index contributed by atoms with van der Waals surface area (Å²) in [4.78, 5) is 12.9. The first-order valence-corrected chi connectivity index (χ1v) is 9.94. The van der Waals surface area contributed by atoms with Gasteiger partial charge in [0, 0.05) is 5.02 Å². The molecule has 0 bridgehead atoms. The topological polar surface area (TPSA) is 89.3 Å². The molecule has 2 N–H and O–H groups in total. The fourth-order valence-corrected chi connectivity index (χ4v) is 4.04. The van der Waals surface area contributed by atoms with Gasteiger partial charge in [-0.25, -0.2) is 4.79 Å². The van der Waals surface area contributed by atoms with Crippen LogP contribution < -0.4 is 16.1 Å². The van der Waals surface area contributed by atoms with Crippen LogP contribution in [0.5, 0.6) is 5.75 Å². The number of halogens is 1. The van der Waals surface area contributed by atoms with E-state index in [0.717, 1.165) is 16.7 Å². The van der Waals surface area contributed by atoms with Gasteiger partial charge in [0.15, 0.2) is 5.75 Å². The van der Waals surface area contributed by atoms with Crippen LogP contribution in [0, 0.1) is 11.3 Å². The Balaban J connectivity index is 1.68. The summed E-state index contributed by atoms with van der Waals surface area (Å²) in [7, 11) is 0. The van der Waals surface area contributed by atoms with Crippen molar-refractivity contribution in [1.29, 1.82) is 5.26 Å². The Hall–Kier alpha value is -4.01. The number of rotatable bonds is 2. The molecule has 0 fully saturated rings. The van der Waals surface area contributed by atoms with Crippen LogP contribution in [0.25, 0.3) is 22.1 Å². The summed E-state index contributed by atoms with van der Waals surface area (Å²) < 4.78 is 11.3. The van der Waals surface area contributed by atoms with Crippen molar-refractivity contribution in [3.8, 4) is 22.9 Å². The number of benzene rings is 3. The third-order valence-corrected chi connectivity index (χ3v) is 5.65. The second-order valence-corrected chi connectivity index (χ2v) is 7.62. The molecule has 1 aliphatic rings. The van der Waals surface area contributed by atoms with E-state index in [2.05, 4.69) is 6.07 Å². The number of para-hydroxylation sites is 1. The van der Waals surface area contributed by atoms with Crippen molar-refractivity contribution in [2.75, 3.05) is 0 Å². The summed E-state index contributed by atoms with van der Waals surface area (Å²) in [6, 6.07) is 24.3. The Morgan fingerprint density at radius 3 is 2.26 bits per heavy atom. The monoisotopic (exact) mass is 426 g/mol. The van der Waals surface area contributed by atoms with Crippen LogP contribution >= 0.6 is 11.6 Å². The Kier molecular flexibility index (Phi) is 4.50. The highest BCUT2D eigenvalue weighted by molar-refractivity contribution is 6.30. The minimum absolute atomic E-state index is 0.0162. The highest BCUT2D eigenvalue weighted by atomic mass is 35.5. The van der Waals surface area contributed by atoms with Crippen molar-refractivity contribution in [1.82, 2.24) is 0 Å². The number of nitrogens with zero attached hydrogens (tertiary/aromatic N) is 1. The summed E-state index contributed by atoms with van der Waals surface area (Å²) in [6.07, 6.45) is 0. The highest BCUT2D eigenvalue weighted by Gasteiger charge is 2.35. The summed E-state index contributed by atoms with van der Waals surface area (Å²) in [6.45, 7) is 0. The van der Waals surface area contributed by atoms with E-state index in [1.807, 2.05) is 54.6 Å². The molecule has 1 unspecified atom stereocenters. The van der Waals surface area contributed by atoms with Crippen LogP contribution in [0.2, 0.25) is 5.02 Å². The fourth-order valence-electron chi connectivity index (χ4n) is 3.91.